The third-order valence-corrected chi connectivity index (χ3v) is 3.53. The number of benzene rings is 1. The molecule has 1 N–H and O–H groups in total. The van der Waals surface area contributed by atoms with Gasteiger partial charge >= 0.3 is 6.18 Å². The Hall–Kier alpha value is -1.50. The smallest absolute Gasteiger partial charge is 0.291 e. The van der Waals surface area contributed by atoms with E-state index in [4.69, 9.17) is 0 Å². The first kappa shape index (κ1) is 13.9. The molecule has 102 valence electrons. The van der Waals surface area contributed by atoms with E-state index < -0.39 is 17.4 Å². The maximum Gasteiger partial charge on any atom is 0.433 e. The number of hydrogen-bond acceptors (Lipinski definition) is 1. The van der Waals surface area contributed by atoms with Gasteiger partial charge < -0.3 is 0 Å². The third-order valence-electron chi connectivity index (χ3n) is 2.76. The van der Waals surface area contributed by atoms with E-state index in [1.807, 2.05) is 0 Å². The highest BCUT2D eigenvalue weighted by Crippen LogP contribution is 2.29. The van der Waals surface area contributed by atoms with Gasteiger partial charge in [-0.25, -0.2) is 4.68 Å². The molecule has 2 rings (SSSR count). The van der Waals surface area contributed by atoms with Gasteiger partial charge in [0.25, 0.3) is 5.56 Å². The monoisotopic (exact) mass is 334 g/mol. The number of halogens is 4. The van der Waals surface area contributed by atoms with E-state index in [1.165, 1.54) is 0 Å². The molecule has 0 aliphatic heterocycles. The number of nitrogens with zero attached hydrogens (tertiary/aromatic N) is 1. The average Bonchev–Trinajstić information content (AvgIpc) is 2.60. The minimum atomic E-state index is -4.55. The topological polar surface area (TPSA) is 37.8 Å². The Morgan fingerprint density at radius 3 is 2.47 bits per heavy atom. The molecule has 0 saturated carbocycles. The summed E-state index contributed by atoms with van der Waals surface area (Å²) in [5.41, 5.74) is -1.26. The number of aromatic amines is 1. The van der Waals surface area contributed by atoms with Gasteiger partial charge in [0.2, 0.25) is 0 Å². The molecule has 0 aliphatic rings. The van der Waals surface area contributed by atoms with Crippen molar-refractivity contribution in [3.63, 3.8) is 0 Å². The SMILES string of the molecule is Cc1c(C(F)(F)F)[nH]n(Cc2ccccc2Br)c1=O. The molecule has 3 nitrogen and oxygen atoms in total. The lowest BCUT2D eigenvalue weighted by Crippen LogP contribution is -2.18. The molecule has 1 aromatic heterocycles. The highest BCUT2D eigenvalue weighted by atomic mass is 79.9. The van der Waals surface area contributed by atoms with Crippen LogP contribution in [0.5, 0.6) is 0 Å². The molecule has 0 radical (unpaired) electrons. The number of alkyl halides is 3. The molecule has 0 atom stereocenters. The van der Waals surface area contributed by atoms with Crippen molar-refractivity contribution in [2.45, 2.75) is 19.6 Å². The number of nitrogens with one attached hydrogen (secondary N) is 1. The molecule has 2 aromatic rings. The first-order chi connectivity index (χ1) is 8.80. The molecule has 0 unspecified atom stereocenters. The van der Waals surface area contributed by atoms with Crippen LogP contribution in [-0.4, -0.2) is 9.78 Å². The maximum atomic E-state index is 12.7. The highest BCUT2D eigenvalue weighted by molar-refractivity contribution is 9.10. The van der Waals surface area contributed by atoms with Crippen LogP contribution in [0.1, 0.15) is 16.8 Å². The number of hydrogen-bond donors (Lipinski definition) is 1. The van der Waals surface area contributed by atoms with Gasteiger partial charge in [-0.3, -0.25) is 9.89 Å². The van der Waals surface area contributed by atoms with Crippen LogP contribution in [0.25, 0.3) is 0 Å². The quantitative estimate of drug-likeness (QED) is 0.898. The van der Waals surface area contributed by atoms with Gasteiger partial charge in [0.05, 0.1) is 6.54 Å². The summed E-state index contributed by atoms with van der Waals surface area (Å²) in [6.07, 6.45) is -4.55. The Morgan fingerprint density at radius 1 is 1.32 bits per heavy atom. The van der Waals surface area contributed by atoms with Crippen molar-refractivity contribution >= 4 is 15.9 Å². The van der Waals surface area contributed by atoms with Gasteiger partial charge in [0.15, 0.2) is 0 Å². The van der Waals surface area contributed by atoms with E-state index in [0.29, 0.717) is 0 Å². The summed E-state index contributed by atoms with van der Waals surface area (Å²) in [7, 11) is 0. The van der Waals surface area contributed by atoms with Crippen molar-refractivity contribution in [3.8, 4) is 0 Å². The second-order valence-electron chi connectivity index (χ2n) is 4.09. The fraction of sp³-hybridized carbons (Fsp3) is 0.250. The van der Waals surface area contributed by atoms with Crippen LogP contribution in [0.4, 0.5) is 13.2 Å². The normalized spacial score (nSPS) is 11.8. The molecular formula is C12H10BrF3N2O. The summed E-state index contributed by atoms with van der Waals surface area (Å²) in [5.74, 6) is 0. The van der Waals surface area contributed by atoms with E-state index >= 15 is 0 Å². The largest absolute Gasteiger partial charge is 0.433 e. The summed E-state index contributed by atoms with van der Waals surface area (Å²) in [6, 6.07) is 7.05. The fourth-order valence-corrected chi connectivity index (χ4v) is 2.17. The van der Waals surface area contributed by atoms with Gasteiger partial charge in [-0.15, -0.1) is 0 Å². The summed E-state index contributed by atoms with van der Waals surface area (Å²) in [4.78, 5) is 11.8. The Balaban J connectivity index is 2.43. The molecular weight excluding hydrogens is 325 g/mol. The summed E-state index contributed by atoms with van der Waals surface area (Å²) in [5, 5.41) is 2.12. The first-order valence-electron chi connectivity index (χ1n) is 5.40. The van der Waals surface area contributed by atoms with E-state index in [0.717, 1.165) is 21.6 Å². The second kappa shape index (κ2) is 4.88. The van der Waals surface area contributed by atoms with Gasteiger partial charge in [-0.1, -0.05) is 34.1 Å². The van der Waals surface area contributed by atoms with E-state index in [9.17, 15) is 18.0 Å². The molecule has 0 bridgehead atoms. The Morgan fingerprint density at radius 2 is 1.95 bits per heavy atom. The molecule has 1 aromatic carbocycles. The van der Waals surface area contributed by atoms with Gasteiger partial charge in [0, 0.05) is 10.0 Å². The summed E-state index contributed by atoms with van der Waals surface area (Å²) in [6.45, 7) is 1.22. The fourth-order valence-electron chi connectivity index (χ4n) is 1.76. The third kappa shape index (κ3) is 2.75. The van der Waals surface area contributed by atoms with Crippen molar-refractivity contribution in [1.29, 1.82) is 0 Å². The first-order valence-corrected chi connectivity index (χ1v) is 6.20. The maximum absolute atomic E-state index is 12.7. The van der Waals surface area contributed by atoms with Crippen LogP contribution in [0.3, 0.4) is 0 Å². The van der Waals surface area contributed by atoms with Crippen molar-refractivity contribution in [2.75, 3.05) is 0 Å². The number of aromatic nitrogens is 2. The molecule has 0 saturated heterocycles. The van der Waals surface area contributed by atoms with Crippen LogP contribution in [-0.2, 0) is 12.7 Å². The second-order valence-corrected chi connectivity index (χ2v) is 4.95. The standard InChI is InChI=1S/C12H10BrF3N2O/c1-7-10(12(14,15)16)17-18(11(7)19)6-8-4-2-3-5-9(8)13/h2-5,17H,6H2,1H3. The lowest BCUT2D eigenvalue weighted by Gasteiger charge is -2.06. The van der Waals surface area contributed by atoms with Crippen molar-refractivity contribution in [3.05, 3.63) is 55.9 Å². The van der Waals surface area contributed by atoms with Crippen molar-refractivity contribution < 1.29 is 13.2 Å². The Bertz CT molecular complexity index is 658. The van der Waals surface area contributed by atoms with Crippen LogP contribution in [0, 0.1) is 6.92 Å². The lowest BCUT2D eigenvalue weighted by atomic mass is 10.2. The minimum Gasteiger partial charge on any atom is -0.291 e. The van der Waals surface area contributed by atoms with Crippen LogP contribution in [0.2, 0.25) is 0 Å². The van der Waals surface area contributed by atoms with E-state index in [2.05, 4.69) is 21.0 Å². The van der Waals surface area contributed by atoms with Crippen molar-refractivity contribution in [2.24, 2.45) is 0 Å². The van der Waals surface area contributed by atoms with Crippen LogP contribution >= 0.6 is 15.9 Å². The van der Waals surface area contributed by atoms with Crippen molar-refractivity contribution in [1.82, 2.24) is 9.78 Å². The van der Waals surface area contributed by atoms with Gasteiger partial charge in [-0.05, 0) is 18.6 Å². The zero-order chi connectivity index (χ0) is 14.2. The molecule has 0 spiro atoms. The number of H-pyrrole nitrogens is 1. The van der Waals surface area contributed by atoms with Gasteiger partial charge in [-0.2, -0.15) is 13.2 Å². The zero-order valence-electron chi connectivity index (χ0n) is 9.88. The Labute approximate surface area is 115 Å². The predicted octanol–water partition coefficient (Wildman–Crippen LogP) is 3.31. The summed E-state index contributed by atoms with van der Waals surface area (Å²) < 4.78 is 39.7. The zero-order valence-corrected chi connectivity index (χ0v) is 11.5. The molecule has 0 fully saturated rings. The van der Waals surface area contributed by atoms with Crippen LogP contribution in [0.15, 0.2) is 33.5 Å². The molecule has 0 aliphatic carbocycles. The van der Waals surface area contributed by atoms with Crippen LogP contribution < -0.4 is 5.56 Å². The van der Waals surface area contributed by atoms with Gasteiger partial charge in [0.1, 0.15) is 5.69 Å². The molecule has 19 heavy (non-hydrogen) atoms. The molecule has 7 heteroatoms. The lowest BCUT2D eigenvalue weighted by molar-refractivity contribution is -0.141. The predicted molar refractivity (Wildman–Crippen MR) is 68.0 cm³/mol. The highest BCUT2D eigenvalue weighted by Gasteiger charge is 2.36. The summed E-state index contributed by atoms with van der Waals surface area (Å²) >= 11 is 3.29. The average molecular weight is 335 g/mol. The minimum absolute atomic E-state index is 0.0528. The van der Waals surface area contributed by atoms with E-state index in [-0.39, 0.29) is 12.1 Å². The molecule has 1 heterocycles. The van der Waals surface area contributed by atoms with E-state index in [1.54, 1.807) is 24.3 Å². The molecule has 0 amide bonds. The number of rotatable bonds is 2. The Kier molecular flexibility index (Phi) is 3.58.